The van der Waals surface area contributed by atoms with Crippen molar-refractivity contribution < 1.29 is 5.11 Å². The second-order valence-electron chi connectivity index (χ2n) is 6.52. The molecule has 0 fully saturated rings. The van der Waals surface area contributed by atoms with Crippen LogP contribution >= 0.6 is 0 Å². The van der Waals surface area contributed by atoms with Crippen LogP contribution in [0.3, 0.4) is 0 Å². The van der Waals surface area contributed by atoms with Crippen molar-refractivity contribution in [3.63, 3.8) is 0 Å². The lowest BCUT2D eigenvalue weighted by Crippen LogP contribution is -2.38. The van der Waals surface area contributed by atoms with Gasteiger partial charge in [-0.3, -0.25) is 0 Å². The van der Waals surface area contributed by atoms with E-state index < -0.39 is 5.60 Å². The highest BCUT2D eigenvalue weighted by Crippen LogP contribution is 2.15. The minimum atomic E-state index is -0.683. The Morgan fingerprint density at radius 2 is 1.74 bits per heavy atom. The molecule has 0 aliphatic carbocycles. The van der Waals surface area contributed by atoms with Crippen molar-refractivity contribution in [1.82, 2.24) is 4.90 Å². The fourth-order valence-corrected chi connectivity index (χ4v) is 2.62. The van der Waals surface area contributed by atoms with E-state index in [0.717, 1.165) is 25.8 Å². The maximum atomic E-state index is 9.90. The molecule has 19 heavy (non-hydrogen) atoms. The molecule has 0 aromatic heterocycles. The van der Waals surface area contributed by atoms with E-state index in [1.54, 1.807) is 0 Å². The predicted molar refractivity (Wildman–Crippen MR) is 84.3 cm³/mol. The van der Waals surface area contributed by atoms with Gasteiger partial charge in [0.2, 0.25) is 0 Å². The van der Waals surface area contributed by atoms with Gasteiger partial charge in [0, 0.05) is 19.1 Å². The summed E-state index contributed by atoms with van der Waals surface area (Å²) in [5.41, 5.74) is 4.86. The Balaban J connectivity index is 4.12. The van der Waals surface area contributed by atoms with Crippen LogP contribution in [-0.4, -0.2) is 41.3 Å². The molecular weight excluding hydrogens is 236 g/mol. The molecule has 3 N–H and O–H groups in total. The van der Waals surface area contributed by atoms with Crippen LogP contribution < -0.4 is 5.73 Å². The Labute approximate surface area is 120 Å². The molecule has 1 atom stereocenters. The SMILES string of the molecule is CCC(CC)N(CCCCC(C)(O)CN)CC(C)C. The highest BCUT2D eigenvalue weighted by atomic mass is 16.3. The Bertz CT molecular complexity index is 213. The fraction of sp³-hybridized carbons (Fsp3) is 1.00. The second kappa shape index (κ2) is 9.73. The first-order valence-corrected chi connectivity index (χ1v) is 8.02. The van der Waals surface area contributed by atoms with E-state index in [4.69, 9.17) is 5.73 Å². The summed E-state index contributed by atoms with van der Waals surface area (Å²) >= 11 is 0. The summed E-state index contributed by atoms with van der Waals surface area (Å²) in [6, 6.07) is 0.706. The normalized spacial score (nSPS) is 15.5. The third kappa shape index (κ3) is 8.61. The van der Waals surface area contributed by atoms with Gasteiger partial charge in [0.1, 0.15) is 0 Å². The number of unbranched alkanes of at least 4 members (excludes halogenated alkanes) is 1. The number of hydrogen-bond acceptors (Lipinski definition) is 3. The zero-order chi connectivity index (χ0) is 14.9. The number of nitrogens with zero attached hydrogens (tertiary/aromatic N) is 1. The molecule has 0 saturated carbocycles. The first kappa shape index (κ1) is 18.9. The van der Waals surface area contributed by atoms with Gasteiger partial charge in [-0.15, -0.1) is 0 Å². The lowest BCUT2D eigenvalue weighted by Gasteiger charge is -2.32. The third-order valence-corrected chi connectivity index (χ3v) is 3.91. The molecule has 3 heteroatoms. The molecule has 0 aromatic rings. The summed E-state index contributed by atoms with van der Waals surface area (Å²) in [7, 11) is 0. The van der Waals surface area contributed by atoms with Crippen molar-refractivity contribution in [1.29, 1.82) is 0 Å². The lowest BCUT2D eigenvalue weighted by atomic mass is 9.99. The first-order valence-electron chi connectivity index (χ1n) is 8.02. The van der Waals surface area contributed by atoms with E-state index in [0.29, 0.717) is 18.5 Å². The van der Waals surface area contributed by atoms with Crippen molar-refractivity contribution in [2.75, 3.05) is 19.6 Å². The van der Waals surface area contributed by atoms with Gasteiger partial charge in [-0.05, 0) is 51.5 Å². The van der Waals surface area contributed by atoms with Gasteiger partial charge < -0.3 is 15.7 Å². The van der Waals surface area contributed by atoms with E-state index in [1.807, 2.05) is 6.92 Å². The van der Waals surface area contributed by atoms with Crippen molar-refractivity contribution in [3.05, 3.63) is 0 Å². The summed E-state index contributed by atoms with van der Waals surface area (Å²) in [6.07, 6.45) is 5.47. The molecule has 0 rings (SSSR count). The summed E-state index contributed by atoms with van der Waals surface area (Å²) in [5, 5.41) is 9.90. The van der Waals surface area contributed by atoms with Crippen molar-refractivity contribution in [3.8, 4) is 0 Å². The number of hydrogen-bond donors (Lipinski definition) is 2. The molecule has 0 heterocycles. The molecule has 0 spiro atoms. The van der Waals surface area contributed by atoms with E-state index in [1.165, 1.54) is 19.4 Å². The topological polar surface area (TPSA) is 49.5 Å². The average Bonchev–Trinajstić information content (AvgIpc) is 2.35. The number of rotatable bonds is 11. The molecule has 0 bridgehead atoms. The van der Waals surface area contributed by atoms with E-state index in [9.17, 15) is 5.11 Å². The summed E-state index contributed by atoms with van der Waals surface area (Å²) in [6.45, 7) is 13.6. The molecule has 0 amide bonds. The second-order valence-corrected chi connectivity index (χ2v) is 6.52. The Morgan fingerprint density at radius 1 is 1.16 bits per heavy atom. The van der Waals surface area contributed by atoms with Crippen LogP contribution in [-0.2, 0) is 0 Å². The number of aliphatic hydroxyl groups is 1. The van der Waals surface area contributed by atoms with Crippen LogP contribution in [0.15, 0.2) is 0 Å². The maximum absolute atomic E-state index is 9.90. The average molecular weight is 272 g/mol. The van der Waals surface area contributed by atoms with Gasteiger partial charge in [0.25, 0.3) is 0 Å². The van der Waals surface area contributed by atoms with Crippen LogP contribution in [0.4, 0.5) is 0 Å². The van der Waals surface area contributed by atoms with Gasteiger partial charge in [-0.25, -0.2) is 0 Å². The fourth-order valence-electron chi connectivity index (χ4n) is 2.62. The molecule has 0 aliphatic heterocycles. The molecule has 0 aromatic carbocycles. The third-order valence-electron chi connectivity index (χ3n) is 3.91. The molecule has 1 unspecified atom stereocenters. The van der Waals surface area contributed by atoms with Crippen LogP contribution in [0.1, 0.15) is 66.7 Å². The quantitative estimate of drug-likeness (QED) is 0.568. The van der Waals surface area contributed by atoms with E-state index >= 15 is 0 Å². The Kier molecular flexibility index (Phi) is 9.67. The van der Waals surface area contributed by atoms with E-state index in [-0.39, 0.29) is 0 Å². The van der Waals surface area contributed by atoms with Gasteiger partial charge in [0.05, 0.1) is 5.60 Å². The molecule has 3 nitrogen and oxygen atoms in total. The van der Waals surface area contributed by atoms with Crippen LogP contribution in [0.5, 0.6) is 0 Å². The van der Waals surface area contributed by atoms with Crippen LogP contribution in [0, 0.1) is 5.92 Å². The summed E-state index contributed by atoms with van der Waals surface area (Å²) < 4.78 is 0. The first-order chi connectivity index (χ1) is 8.86. The predicted octanol–water partition coefficient (Wildman–Crippen LogP) is 3.01. The van der Waals surface area contributed by atoms with Crippen molar-refractivity contribution in [2.45, 2.75) is 78.4 Å². The lowest BCUT2D eigenvalue weighted by molar-refractivity contribution is 0.0553. The molecular formula is C16H36N2O. The Hall–Kier alpha value is -0.120. The van der Waals surface area contributed by atoms with Gasteiger partial charge >= 0.3 is 0 Å². The monoisotopic (exact) mass is 272 g/mol. The molecule has 116 valence electrons. The summed E-state index contributed by atoms with van der Waals surface area (Å²) in [5.74, 6) is 0.716. The standard InChI is InChI=1S/C16H36N2O/c1-6-15(7-2)18(12-14(3)4)11-9-8-10-16(5,19)13-17/h14-15,19H,6-13,17H2,1-5H3. The molecule has 0 saturated heterocycles. The van der Waals surface area contributed by atoms with Crippen LogP contribution in [0.2, 0.25) is 0 Å². The molecule has 0 aliphatic rings. The van der Waals surface area contributed by atoms with Gasteiger partial charge in [0.15, 0.2) is 0 Å². The Morgan fingerprint density at radius 3 is 2.16 bits per heavy atom. The molecule has 0 radical (unpaired) electrons. The van der Waals surface area contributed by atoms with E-state index in [2.05, 4.69) is 32.6 Å². The minimum Gasteiger partial charge on any atom is -0.389 e. The van der Waals surface area contributed by atoms with Gasteiger partial charge in [-0.2, -0.15) is 0 Å². The highest BCUT2D eigenvalue weighted by Gasteiger charge is 2.19. The zero-order valence-electron chi connectivity index (χ0n) is 13.8. The maximum Gasteiger partial charge on any atom is 0.0741 e. The van der Waals surface area contributed by atoms with Crippen LogP contribution in [0.25, 0.3) is 0 Å². The van der Waals surface area contributed by atoms with Crippen molar-refractivity contribution >= 4 is 0 Å². The number of nitrogens with two attached hydrogens (primary N) is 1. The van der Waals surface area contributed by atoms with Crippen molar-refractivity contribution in [2.24, 2.45) is 11.7 Å². The smallest absolute Gasteiger partial charge is 0.0741 e. The summed E-state index contributed by atoms with van der Waals surface area (Å²) in [4.78, 5) is 2.63. The zero-order valence-corrected chi connectivity index (χ0v) is 13.8. The largest absolute Gasteiger partial charge is 0.389 e. The van der Waals surface area contributed by atoms with Gasteiger partial charge in [-0.1, -0.05) is 27.7 Å². The highest BCUT2D eigenvalue weighted by molar-refractivity contribution is 4.74. The minimum absolute atomic E-state index is 0.356.